The molecule has 0 bridgehead atoms. The molecule has 1 aliphatic heterocycles. The van der Waals surface area contributed by atoms with Crippen molar-refractivity contribution in [1.82, 2.24) is 24.8 Å². The Balaban J connectivity index is 1.44. The Morgan fingerprint density at radius 1 is 0.947 bits per heavy atom. The van der Waals surface area contributed by atoms with E-state index in [1.54, 1.807) is 12.1 Å². The van der Waals surface area contributed by atoms with Gasteiger partial charge in [0.25, 0.3) is 5.91 Å². The number of hydrogen-bond acceptors (Lipinski definition) is 9. The lowest BCUT2D eigenvalue weighted by atomic mass is 10.1. The van der Waals surface area contributed by atoms with Crippen molar-refractivity contribution in [2.24, 2.45) is 0 Å². The molecule has 10 heteroatoms. The molecule has 10 nitrogen and oxygen atoms in total. The molecule has 1 fully saturated rings. The summed E-state index contributed by atoms with van der Waals surface area (Å²) in [6, 6.07) is 12.8. The number of carbonyl (C=O) groups is 1. The summed E-state index contributed by atoms with van der Waals surface area (Å²) in [6.07, 6.45) is 8.22. The predicted molar refractivity (Wildman–Crippen MR) is 150 cm³/mol. The number of carbonyl (C=O) groups excluding carboxylic acids is 1. The summed E-state index contributed by atoms with van der Waals surface area (Å²) in [5, 5.41) is 15.3. The normalized spacial score (nSPS) is 13.9. The Bertz CT molecular complexity index is 1140. The summed E-state index contributed by atoms with van der Waals surface area (Å²) in [7, 11) is 0. The van der Waals surface area contributed by atoms with Gasteiger partial charge in [-0.1, -0.05) is 50.8 Å². The van der Waals surface area contributed by atoms with Crippen LogP contribution in [-0.4, -0.2) is 75.2 Å². The molecule has 0 spiro atoms. The van der Waals surface area contributed by atoms with Crippen LogP contribution in [0.5, 0.6) is 0 Å². The van der Waals surface area contributed by atoms with Crippen molar-refractivity contribution in [1.29, 1.82) is 0 Å². The number of hydrogen-bond donors (Lipinski definition) is 3. The van der Waals surface area contributed by atoms with Crippen molar-refractivity contribution in [3.63, 3.8) is 0 Å². The Kier molecular flexibility index (Phi) is 10.3. The minimum atomic E-state index is -0.219. The predicted octanol–water partition coefficient (Wildman–Crippen LogP) is 3.89. The number of para-hydroxylation sites is 1. The first-order chi connectivity index (χ1) is 18.6. The Labute approximate surface area is 224 Å². The van der Waals surface area contributed by atoms with Gasteiger partial charge in [0.2, 0.25) is 11.9 Å². The smallest absolute Gasteiger partial charge is 0.257 e. The van der Waals surface area contributed by atoms with Gasteiger partial charge in [-0.3, -0.25) is 9.69 Å². The summed E-state index contributed by atoms with van der Waals surface area (Å²) in [5.74, 6) is 2.22. The second-order valence-electron chi connectivity index (χ2n) is 9.47. The van der Waals surface area contributed by atoms with Gasteiger partial charge in [-0.15, -0.1) is 0 Å². The van der Waals surface area contributed by atoms with Gasteiger partial charge in [-0.25, -0.2) is 4.98 Å². The number of amides is 1. The third kappa shape index (κ3) is 8.19. The van der Waals surface area contributed by atoms with E-state index in [-0.39, 0.29) is 12.5 Å². The highest BCUT2D eigenvalue weighted by Crippen LogP contribution is 2.18. The van der Waals surface area contributed by atoms with Crippen LogP contribution in [0.25, 0.3) is 0 Å². The molecule has 0 saturated carbocycles. The second-order valence-corrected chi connectivity index (χ2v) is 9.47. The van der Waals surface area contributed by atoms with Gasteiger partial charge in [0.15, 0.2) is 0 Å². The van der Waals surface area contributed by atoms with Crippen LogP contribution in [0.3, 0.4) is 0 Å². The number of pyridine rings is 1. The van der Waals surface area contributed by atoms with Crippen LogP contribution < -0.4 is 15.5 Å². The van der Waals surface area contributed by atoms with E-state index < -0.39 is 0 Å². The van der Waals surface area contributed by atoms with Gasteiger partial charge in [-0.2, -0.15) is 15.0 Å². The van der Waals surface area contributed by atoms with Crippen molar-refractivity contribution >= 4 is 29.3 Å². The Morgan fingerprint density at radius 3 is 2.45 bits per heavy atom. The van der Waals surface area contributed by atoms with Crippen molar-refractivity contribution in [2.45, 2.75) is 45.4 Å². The van der Waals surface area contributed by atoms with Crippen LogP contribution in [0.4, 0.5) is 23.4 Å². The molecule has 1 aromatic carbocycles. The zero-order valence-electron chi connectivity index (χ0n) is 22.1. The molecule has 4 rings (SSSR count). The number of unbranched alkanes of at least 4 members (excludes halogenated alkanes) is 4. The van der Waals surface area contributed by atoms with E-state index in [9.17, 15) is 9.90 Å². The van der Waals surface area contributed by atoms with Crippen molar-refractivity contribution < 1.29 is 9.90 Å². The molecular formula is C28H38N8O2. The molecule has 3 N–H and O–H groups in total. The van der Waals surface area contributed by atoms with E-state index in [1.807, 2.05) is 30.3 Å². The lowest BCUT2D eigenvalue weighted by Gasteiger charge is -2.34. The van der Waals surface area contributed by atoms with Gasteiger partial charge in [0, 0.05) is 51.0 Å². The zero-order valence-corrected chi connectivity index (χ0v) is 22.1. The van der Waals surface area contributed by atoms with E-state index in [1.165, 1.54) is 25.5 Å². The maximum Gasteiger partial charge on any atom is 0.257 e. The number of anilines is 4. The largest absolute Gasteiger partial charge is 0.395 e. The lowest BCUT2D eigenvalue weighted by molar-refractivity contribution is 0.102. The standard InChI is InChI=1S/C28H38N8O2/c1-2-3-4-5-9-12-25-32-27(34-28(33-25)36-17-15-35(16-18-36)19-20-37)31-24-14-13-22(21-29-24)26(38)30-23-10-7-6-8-11-23/h6-8,10-11,13-14,21,37H,2-5,9,12,15-20H2,1H3,(H,30,38)(H,29,31,32,33,34). The SMILES string of the molecule is CCCCCCCc1nc(Nc2ccc(C(=O)Nc3ccccc3)cn2)nc(N2CCN(CCO)CC2)n1. The van der Waals surface area contributed by atoms with Gasteiger partial charge in [0.1, 0.15) is 11.6 Å². The minimum absolute atomic E-state index is 0.168. The average Bonchev–Trinajstić information content (AvgIpc) is 2.94. The number of aromatic nitrogens is 4. The van der Waals surface area contributed by atoms with Crippen molar-refractivity contribution in [3.05, 3.63) is 60.0 Å². The molecule has 0 unspecified atom stereocenters. The monoisotopic (exact) mass is 518 g/mol. The molecule has 1 amide bonds. The number of nitrogens with zero attached hydrogens (tertiary/aromatic N) is 6. The minimum Gasteiger partial charge on any atom is -0.395 e. The summed E-state index contributed by atoms with van der Waals surface area (Å²) >= 11 is 0. The fourth-order valence-electron chi connectivity index (χ4n) is 4.36. The van der Waals surface area contributed by atoms with Crippen molar-refractivity contribution in [3.8, 4) is 0 Å². The summed E-state index contributed by atoms with van der Waals surface area (Å²) in [6.45, 7) is 6.37. The molecule has 2 aromatic heterocycles. The number of benzene rings is 1. The third-order valence-corrected chi connectivity index (χ3v) is 6.54. The van der Waals surface area contributed by atoms with E-state index >= 15 is 0 Å². The van der Waals surface area contributed by atoms with Gasteiger partial charge in [0.05, 0.1) is 12.2 Å². The number of aryl methyl sites for hydroxylation is 1. The maximum atomic E-state index is 12.6. The highest BCUT2D eigenvalue weighted by Gasteiger charge is 2.20. The van der Waals surface area contributed by atoms with Crippen LogP contribution in [0.1, 0.15) is 55.2 Å². The lowest BCUT2D eigenvalue weighted by Crippen LogP contribution is -2.47. The molecule has 202 valence electrons. The van der Waals surface area contributed by atoms with Crippen molar-refractivity contribution in [2.75, 3.05) is 54.9 Å². The van der Waals surface area contributed by atoms with E-state index in [4.69, 9.17) is 9.97 Å². The number of piperazine rings is 1. The third-order valence-electron chi connectivity index (χ3n) is 6.54. The van der Waals surface area contributed by atoms with Crippen LogP contribution in [0.15, 0.2) is 48.7 Å². The molecular weight excluding hydrogens is 480 g/mol. The zero-order chi connectivity index (χ0) is 26.6. The van der Waals surface area contributed by atoms with Crippen LogP contribution in [0.2, 0.25) is 0 Å². The average molecular weight is 519 g/mol. The first-order valence-electron chi connectivity index (χ1n) is 13.6. The topological polar surface area (TPSA) is 119 Å². The maximum absolute atomic E-state index is 12.6. The van der Waals surface area contributed by atoms with E-state index in [0.717, 1.165) is 57.0 Å². The van der Waals surface area contributed by atoms with Crippen LogP contribution in [0, 0.1) is 0 Å². The van der Waals surface area contributed by atoms with E-state index in [2.05, 4.69) is 37.3 Å². The number of rotatable bonds is 13. The highest BCUT2D eigenvalue weighted by molar-refractivity contribution is 6.04. The molecule has 0 radical (unpaired) electrons. The number of β-amino-alcohol motifs (C(OH)–C–C–N with tert-alkyl or cyclic N) is 1. The van der Waals surface area contributed by atoms with Crippen LogP contribution in [-0.2, 0) is 6.42 Å². The fourth-order valence-corrected chi connectivity index (χ4v) is 4.36. The molecule has 0 aliphatic carbocycles. The number of aliphatic hydroxyl groups is 1. The van der Waals surface area contributed by atoms with Gasteiger partial charge < -0.3 is 20.6 Å². The second kappa shape index (κ2) is 14.3. The number of aliphatic hydroxyl groups excluding tert-OH is 1. The molecule has 1 saturated heterocycles. The molecule has 38 heavy (non-hydrogen) atoms. The summed E-state index contributed by atoms with van der Waals surface area (Å²) in [4.78, 5) is 35.5. The fraction of sp³-hybridized carbons (Fsp3) is 0.464. The number of nitrogens with one attached hydrogen (secondary N) is 2. The molecule has 1 aliphatic rings. The Morgan fingerprint density at radius 2 is 1.74 bits per heavy atom. The first kappa shape index (κ1) is 27.4. The molecule has 3 aromatic rings. The Hall–Kier alpha value is -3.63. The molecule has 3 heterocycles. The summed E-state index contributed by atoms with van der Waals surface area (Å²) < 4.78 is 0. The first-order valence-corrected chi connectivity index (χ1v) is 13.6. The summed E-state index contributed by atoms with van der Waals surface area (Å²) in [5.41, 5.74) is 1.20. The van der Waals surface area contributed by atoms with E-state index in [0.29, 0.717) is 29.8 Å². The van der Waals surface area contributed by atoms with Crippen LogP contribution >= 0.6 is 0 Å². The van der Waals surface area contributed by atoms with Gasteiger partial charge >= 0.3 is 0 Å². The van der Waals surface area contributed by atoms with Gasteiger partial charge in [-0.05, 0) is 30.7 Å². The molecule has 0 atom stereocenters. The quantitative estimate of drug-likeness (QED) is 0.290. The highest BCUT2D eigenvalue weighted by atomic mass is 16.3.